The lowest BCUT2D eigenvalue weighted by molar-refractivity contribution is -0.144. The zero-order chi connectivity index (χ0) is 19.4. The topological polar surface area (TPSA) is 48.3 Å². The molecule has 2 aromatic rings. The van der Waals surface area contributed by atoms with E-state index in [1.807, 2.05) is 11.8 Å². The van der Waals surface area contributed by atoms with Crippen LogP contribution in [0.25, 0.3) is 0 Å². The molecule has 5 atom stereocenters. The quantitative estimate of drug-likeness (QED) is 0.585. The summed E-state index contributed by atoms with van der Waals surface area (Å²) in [6.45, 7) is 2.15. The fourth-order valence-corrected chi connectivity index (χ4v) is 8.88. The van der Waals surface area contributed by atoms with Crippen LogP contribution in [0, 0.1) is 17.8 Å². The average Bonchev–Trinajstić information content (AvgIpc) is 3.36. The Morgan fingerprint density at radius 2 is 2.00 bits per heavy atom. The van der Waals surface area contributed by atoms with Crippen LogP contribution in [0.15, 0.2) is 38.6 Å². The van der Waals surface area contributed by atoms with Crippen LogP contribution in [0.3, 0.4) is 0 Å². The van der Waals surface area contributed by atoms with Crippen molar-refractivity contribution in [3.63, 3.8) is 0 Å². The SMILES string of the molecule is CCOC(=O)Cn1c2c(sc1=O)[C@@H](c1ccc(Br)cc1)C1C3CCC(C3)C1S2. The molecule has 28 heavy (non-hydrogen) atoms. The Kier molecular flexibility index (Phi) is 4.96. The molecule has 0 radical (unpaired) electrons. The molecule has 0 N–H and O–H groups in total. The van der Waals surface area contributed by atoms with E-state index in [1.165, 1.54) is 36.2 Å². The number of thiazole rings is 1. The van der Waals surface area contributed by atoms with Gasteiger partial charge in [-0.3, -0.25) is 14.2 Å². The minimum Gasteiger partial charge on any atom is -0.465 e. The summed E-state index contributed by atoms with van der Waals surface area (Å²) in [4.78, 5) is 26.0. The Labute approximate surface area is 180 Å². The van der Waals surface area contributed by atoms with Crippen LogP contribution < -0.4 is 4.87 Å². The predicted octanol–water partition coefficient (Wildman–Crippen LogP) is 4.89. The van der Waals surface area contributed by atoms with E-state index >= 15 is 0 Å². The first-order valence-electron chi connectivity index (χ1n) is 9.88. The number of nitrogens with zero attached hydrogens (tertiary/aromatic N) is 1. The minimum atomic E-state index is -0.332. The molecule has 2 aliphatic carbocycles. The zero-order valence-electron chi connectivity index (χ0n) is 15.6. The van der Waals surface area contributed by atoms with E-state index in [4.69, 9.17) is 4.74 Å². The molecule has 2 heterocycles. The van der Waals surface area contributed by atoms with E-state index in [1.54, 1.807) is 11.5 Å². The molecule has 2 bridgehead atoms. The van der Waals surface area contributed by atoms with Crippen molar-refractivity contribution in [3.05, 3.63) is 48.8 Å². The molecule has 7 heteroatoms. The number of carbonyl (C=O) groups is 1. The highest BCUT2D eigenvalue weighted by atomic mass is 79.9. The monoisotopic (exact) mass is 479 g/mol. The Morgan fingerprint density at radius 3 is 2.75 bits per heavy atom. The van der Waals surface area contributed by atoms with Crippen LogP contribution in [0.5, 0.6) is 0 Å². The van der Waals surface area contributed by atoms with Crippen LogP contribution >= 0.6 is 39.0 Å². The van der Waals surface area contributed by atoms with Crippen LogP contribution in [-0.2, 0) is 16.1 Å². The largest absolute Gasteiger partial charge is 0.465 e. The lowest BCUT2D eigenvalue weighted by atomic mass is 9.75. The third-order valence-corrected chi connectivity index (χ3v) is 9.87. The lowest BCUT2D eigenvalue weighted by Gasteiger charge is -2.40. The van der Waals surface area contributed by atoms with Crippen LogP contribution in [0.4, 0.5) is 0 Å². The summed E-state index contributed by atoms with van der Waals surface area (Å²) in [5.41, 5.74) is 1.29. The number of hydrogen-bond donors (Lipinski definition) is 0. The second-order valence-electron chi connectivity index (χ2n) is 7.95. The Hall–Kier alpha value is -1.05. The molecule has 1 aliphatic heterocycles. The summed E-state index contributed by atoms with van der Waals surface area (Å²) >= 11 is 6.72. The zero-order valence-corrected chi connectivity index (χ0v) is 18.8. The van der Waals surface area contributed by atoms with Gasteiger partial charge in [0.1, 0.15) is 6.54 Å². The van der Waals surface area contributed by atoms with E-state index in [-0.39, 0.29) is 23.3 Å². The van der Waals surface area contributed by atoms with Gasteiger partial charge >= 0.3 is 10.8 Å². The molecule has 1 aromatic carbocycles. The van der Waals surface area contributed by atoms with Crippen molar-refractivity contribution in [2.75, 3.05) is 6.61 Å². The van der Waals surface area contributed by atoms with Crippen LogP contribution in [0.2, 0.25) is 0 Å². The van der Waals surface area contributed by atoms with Crippen LogP contribution in [0.1, 0.15) is 42.5 Å². The van der Waals surface area contributed by atoms with Gasteiger partial charge in [0, 0.05) is 20.5 Å². The van der Waals surface area contributed by atoms with Gasteiger partial charge in [-0.1, -0.05) is 39.4 Å². The maximum absolute atomic E-state index is 12.8. The van der Waals surface area contributed by atoms with Crippen molar-refractivity contribution in [2.45, 2.75) is 48.9 Å². The van der Waals surface area contributed by atoms with Crippen molar-refractivity contribution in [1.29, 1.82) is 0 Å². The lowest BCUT2D eigenvalue weighted by Crippen LogP contribution is -2.34. The summed E-state index contributed by atoms with van der Waals surface area (Å²) in [5.74, 6) is 2.00. The Balaban J connectivity index is 1.61. The third kappa shape index (κ3) is 3.01. The second kappa shape index (κ2) is 7.33. The summed E-state index contributed by atoms with van der Waals surface area (Å²) in [7, 11) is 0. The van der Waals surface area contributed by atoms with Crippen molar-refractivity contribution in [2.24, 2.45) is 17.8 Å². The number of benzene rings is 1. The number of halogens is 1. The fraction of sp³-hybridized carbons (Fsp3) is 0.524. The summed E-state index contributed by atoms with van der Waals surface area (Å²) in [6.07, 6.45) is 3.92. The summed E-state index contributed by atoms with van der Waals surface area (Å²) in [5, 5.41) is 1.55. The van der Waals surface area contributed by atoms with Crippen molar-refractivity contribution >= 4 is 45.0 Å². The number of thioether (sulfide) groups is 1. The Morgan fingerprint density at radius 1 is 1.25 bits per heavy atom. The molecule has 0 spiro atoms. The number of hydrogen-bond acceptors (Lipinski definition) is 5. The molecule has 4 unspecified atom stereocenters. The molecule has 2 fully saturated rings. The second-order valence-corrected chi connectivity index (χ2v) is 11.0. The minimum absolute atomic E-state index is 0.0179. The summed E-state index contributed by atoms with van der Waals surface area (Å²) in [6, 6.07) is 8.57. The highest BCUT2D eigenvalue weighted by Gasteiger charge is 2.55. The van der Waals surface area contributed by atoms with Gasteiger partial charge in [0.15, 0.2) is 0 Å². The molecule has 4 nitrogen and oxygen atoms in total. The number of carbonyl (C=O) groups excluding carboxylic acids is 1. The van der Waals surface area contributed by atoms with E-state index in [9.17, 15) is 9.59 Å². The third-order valence-electron chi connectivity index (χ3n) is 6.51. The van der Waals surface area contributed by atoms with Gasteiger partial charge in [0.05, 0.1) is 11.6 Å². The van der Waals surface area contributed by atoms with Crippen LogP contribution in [-0.4, -0.2) is 22.4 Å². The van der Waals surface area contributed by atoms with Crippen molar-refractivity contribution < 1.29 is 9.53 Å². The van der Waals surface area contributed by atoms with Gasteiger partial charge in [-0.2, -0.15) is 0 Å². The van der Waals surface area contributed by atoms with Crippen molar-refractivity contribution in [1.82, 2.24) is 4.57 Å². The first-order valence-corrected chi connectivity index (χ1v) is 12.4. The predicted molar refractivity (Wildman–Crippen MR) is 115 cm³/mol. The first-order chi connectivity index (χ1) is 13.6. The van der Waals surface area contributed by atoms with Gasteiger partial charge in [-0.15, -0.1) is 11.8 Å². The van der Waals surface area contributed by atoms with Gasteiger partial charge in [-0.05, 0) is 61.6 Å². The van der Waals surface area contributed by atoms with Gasteiger partial charge in [0.2, 0.25) is 0 Å². The van der Waals surface area contributed by atoms with E-state index in [0.717, 1.165) is 26.2 Å². The Bertz CT molecular complexity index is 967. The van der Waals surface area contributed by atoms with Gasteiger partial charge in [-0.25, -0.2) is 0 Å². The molecular weight excluding hydrogens is 458 g/mol. The van der Waals surface area contributed by atoms with Gasteiger partial charge in [0.25, 0.3) is 0 Å². The number of rotatable bonds is 4. The standard InChI is InChI=1S/C21H22BrNO3S2/c1-2-26-15(24)10-23-20-19(28-21(23)25)16(11-5-7-14(22)8-6-11)17-12-3-4-13(9-12)18(17)27-20/h5-8,12-13,16-18H,2-4,9-10H2,1H3/t12?,13?,16-,17?,18?/m0/s1. The average molecular weight is 480 g/mol. The molecule has 5 rings (SSSR count). The molecule has 1 aromatic heterocycles. The highest BCUT2D eigenvalue weighted by Crippen LogP contribution is 2.64. The van der Waals surface area contributed by atoms with E-state index in [2.05, 4.69) is 40.2 Å². The van der Waals surface area contributed by atoms with E-state index < -0.39 is 0 Å². The maximum Gasteiger partial charge on any atom is 0.326 e. The molecular formula is C21H22BrNO3S2. The smallest absolute Gasteiger partial charge is 0.326 e. The van der Waals surface area contributed by atoms with Gasteiger partial charge < -0.3 is 4.74 Å². The van der Waals surface area contributed by atoms with E-state index in [0.29, 0.717) is 17.8 Å². The summed E-state index contributed by atoms with van der Waals surface area (Å²) < 4.78 is 7.85. The highest BCUT2D eigenvalue weighted by molar-refractivity contribution is 9.10. The molecule has 3 aliphatic rings. The molecule has 0 amide bonds. The van der Waals surface area contributed by atoms with Crippen molar-refractivity contribution in [3.8, 4) is 0 Å². The normalized spacial score (nSPS) is 30.1. The molecule has 148 valence electrons. The molecule has 0 saturated heterocycles. The molecule has 2 saturated carbocycles. The first kappa shape index (κ1) is 18.9. The number of fused-ring (bicyclic) bond motifs is 6. The maximum atomic E-state index is 12.8. The number of esters is 1. The number of ether oxygens (including phenoxy) is 1. The fourth-order valence-electron chi connectivity index (χ4n) is 5.47. The number of aromatic nitrogens is 1.